The summed E-state index contributed by atoms with van der Waals surface area (Å²) in [5, 5.41) is 10.0. The van der Waals surface area contributed by atoms with Crippen LogP contribution in [-0.2, 0) is 0 Å². The maximum Gasteiger partial charge on any atom is 0.119 e. The van der Waals surface area contributed by atoms with E-state index in [0.29, 0.717) is 5.92 Å². The molecule has 0 aliphatic carbocycles. The van der Waals surface area contributed by atoms with Gasteiger partial charge in [-0.1, -0.05) is 39.3 Å². The third-order valence-corrected chi connectivity index (χ3v) is 2.88. The topological polar surface area (TPSA) is 29.5 Å². The largest absolute Gasteiger partial charge is 0.494 e. The molecule has 0 saturated carbocycles. The standard InChI is InChI=1S/C14H22O2/c1-4-10-16-13-8-6-12(7-9-13)14(15)11(3)5-2/h6-9,11,14-15H,4-5,10H2,1-3H3. The number of rotatable bonds is 6. The van der Waals surface area contributed by atoms with Crippen LogP contribution in [0, 0.1) is 5.92 Å². The second kappa shape index (κ2) is 6.54. The number of hydrogen-bond acceptors (Lipinski definition) is 2. The Morgan fingerprint density at radius 3 is 2.31 bits per heavy atom. The van der Waals surface area contributed by atoms with Gasteiger partial charge >= 0.3 is 0 Å². The van der Waals surface area contributed by atoms with Crippen molar-refractivity contribution in [2.24, 2.45) is 5.92 Å². The van der Waals surface area contributed by atoms with Gasteiger partial charge in [0.2, 0.25) is 0 Å². The maximum absolute atomic E-state index is 10.0. The quantitative estimate of drug-likeness (QED) is 0.797. The fourth-order valence-corrected chi connectivity index (χ4v) is 1.53. The monoisotopic (exact) mass is 222 g/mol. The lowest BCUT2D eigenvalue weighted by Crippen LogP contribution is -2.07. The highest BCUT2D eigenvalue weighted by atomic mass is 16.5. The SMILES string of the molecule is CCCOc1ccc(C(O)C(C)CC)cc1. The van der Waals surface area contributed by atoms with Gasteiger partial charge < -0.3 is 9.84 Å². The van der Waals surface area contributed by atoms with Crippen molar-refractivity contribution < 1.29 is 9.84 Å². The third-order valence-electron chi connectivity index (χ3n) is 2.88. The summed E-state index contributed by atoms with van der Waals surface area (Å²) in [6.45, 7) is 6.98. The fraction of sp³-hybridized carbons (Fsp3) is 0.571. The lowest BCUT2D eigenvalue weighted by molar-refractivity contribution is 0.115. The van der Waals surface area contributed by atoms with Gasteiger partial charge in [0.25, 0.3) is 0 Å². The summed E-state index contributed by atoms with van der Waals surface area (Å²) in [5.41, 5.74) is 0.971. The highest BCUT2D eigenvalue weighted by Gasteiger charge is 2.14. The molecular weight excluding hydrogens is 200 g/mol. The van der Waals surface area contributed by atoms with E-state index >= 15 is 0 Å². The second-order valence-electron chi connectivity index (χ2n) is 4.25. The van der Waals surface area contributed by atoms with E-state index in [4.69, 9.17) is 4.74 Å². The Balaban J connectivity index is 2.63. The third kappa shape index (κ3) is 3.53. The van der Waals surface area contributed by atoms with Crippen molar-refractivity contribution in [3.8, 4) is 5.75 Å². The van der Waals surface area contributed by atoms with Crippen molar-refractivity contribution in [3.63, 3.8) is 0 Å². The molecule has 0 aliphatic rings. The van der Waals surface area contributed by atoms with Crippen LogP contribution in [0.25, 0.3) is 0 Å². The number of hydrogen-bond donors (Lipinski definition) is 1. The van der Waals surface area contributed by atoms with Crippen LogP contribution < -0.4 is 4.74 Å². The van der Waals surface area contributed by atoms with Crippen molar-refractivity contribution in [3.05, 3.63) is 29.8 Å². The van der Waals surface area contributed by atoms with Crippen molar-refractivity contribution in [1.29, 1.82) is 0 Å². The van der Waals surface area contributed by atoms with Gasteiger partial charge in [-0.25, -0.2) is 0 Å². The molecule has 1 aromatic carbocycles. The number of aliphatic hydroxyl groups is 1. The average Bonchev–Trinajstić information content (AvgIpc) is 2.35. The number of benzene rings is 1. The van der Waals surface area contributed by atoms with Gasteiger partial charge in [-0.15, -0.1) is 0 Å². The van der Waals surface area contributed by atoms with E-state index in [-0.39, 0.29) is 6.10 Å². The molecule has 2 heteroatoms. The van der Waals surface area contributed by atoms with Crippen LogP contribution in [0.3, 0.4) is 0 Å². The Morgan fingerprint density at radius 1 is 1.19 bits per heavy atom. The first-order chi connectivity index (χ1) is 7.69. The zero-order chi connectivity index (χ0) is 12.0. The van der Waals surface area contributed by atoms with Crippen LogP contribution in [0.5, 0.6) is 5.75 Å². The zero-order valence-corrected chi connectivity index (χ0v) is 10.4. The van der Waals surface area contributed by atoms with Crippen LogP contribution in [-0.4, -0.2) is 11.7 Å². The van der Waals surface area contributed by atoms with Gasteiger partial charge in [0.05, 0.1) is 12.7 Å². The van der Waals surface area contributed by atoms with E-state index in [2.05, 4.69) is 20.8 Å². The summed E-state index contributed by atoms with van der Waals surface area (Å²) in [4.78, 5) is 0. The molecule has 2 atom stereocenters. The Hall–Kier alpha value is -1.02. The maximum atomic E-state index is 10.0. The fourth-order valence-electron chi connectivity index (χ4n) is 1.53. The molecule has 0 heterocycles. The molecular formula is C14H22O2. The van der Waals surface area contributed by atoms with Gasteiger partial charge in [0.15, 0.2) is 0 Å². The van der Waals surface area contributed by atoms with E-state index < -0.39 is 0 Å². The van der Waals surface area contributed by atoms with Crippen molar-refractivity contribution >= 4 is 0 Å². The predicted octanol–water partition coefficient (Wildman–Crippen LogP) is 3.55. The molecule has 1 rings (SSSR count). The van der Waals surface area contributed by atoms with Gasteiger partial charge in [-0.05, 0) is 30.0 Å². The molecule has 0 fully saturated rings. The first kappa shape index (κ1) is 13.0. The van der Waals surface area contributed by atoms with E-state index in [1.165, 1.54) is 0 Å². The predicted molar refractivity (Wildman–Crippen MR) is 66.6 cm³/mol. The Morgan fingerprint density at radius 2 is 1.81 bits per heavy atom. The summed E-state index contributed by atoms with van der Waals surface area (Å²) in [6.07, 6.45) is 1.62. The van der Waals surface area contributed by atoms with Crippen LogP contribution in [0.15, 0.2) is 24.3 Å². The second-order valence-corrected chi connectivity index (χ2v) is 4.25. The molecule has 0 aliphatic heterocycles. The molecule has 0 bridgehead atoms. The van der Waals surface area contributed by atoms with E-state index in [0.717, 1.165) is 30.8 Å². The van der Waals surface area contributed by atoms with Crippen molar-refractivity contribution in [1.82, 2.24) is 0 Å². The average molecular weight is 222 g/mol. The highest BCUT2D eigenvalue weighted by molar-refractivity contribution is 5.28. The van der Waals surface area contributed by atoms with Gasteiger partial charge in [0, 0.05) is 0 Å². The molecule has 0 saturated heterocycles. The first-order valence-corrected chi connectivity index (χ1v) is 6.09. The summed E-state index contributed by atoms with van der Waals surface area (Å²) in [6, 6.07) is 7.75. The molecule has 1 N–H and O–H groups in total. The lowest BCUT2D eigenvalue weighted by atomic mass is 9.95. The van der Waals surface area contributed by atoms with Gasteiger partial charge in [0.1, 0.15) is 5.75 Å². The van der Waals surface area contributed by atoms with E-state index in [9.17, 15) is 5.11 Å². The summed E-state index contributed by atoms with van der Waals surface area (Å²) in [7, 11) is 0. The van der Waals surface area contributed by atoms with Crippen LogP contribution >= 0.6 is 0 Å². The molecule has 90 valence electrons. The lowest BCUT2D eigenvalue weighted by Gasteiger charge is -2.17. The minimum Gasteiger partial charge on any atom is -0.494 e. The molecule has 0 aromatic heterocycles. The Bertz CT molecular complexity index is 292. The molecule has 0 amide bonds. The zero-order valence-electron chi connectivity index (χ0n) is 10.4. The Labute approximate surface area is 98.3 Å². The van der Waals surface area contributed by atoms with Gasteiger partial charge in [-0.3, -0.25) is 0 Å². The first-order valence-electron chi connectivity index (χ1n) is 6.09. The number of ether oxygens (including phenoxy) is 1. The normalized spacial score (nSPS) is 14.5. The minimum absolute atomic E-state index is 0.294. The number of aliphatic hydroxyl groups excluding tert-OH is 1. The molecule has 1 aromatic rings. The van der Waals surface area contributed by atoms with Crippen LogP contribution in [0.4, 0.5) is 0 Å². The Kier molecular flexibility index (Phi) is 5.33. The van der Waals surface area contributed by atoms with Crippen molar-refractivity contribution in [2.45, 2.75) is 39.7 Å². The van der Waals surface area contributed by atoms with E-state index in [1.54, 1.807) is 0 Å². The molecule has 16 heavy (non-hydrogen) atoms. The smallest absolute Gasteiger partial charge is 0.119 e. The van der Waals surface area contributed by atoms with Crippen LogP contribution in [0.1, 0.15) is 45.3 Å². The molecule has 0 spiro atoms. The van der Waals surface area contributed by atoms with E-state index in [1.807, 2.05) is 24.3 Å². The van der Waals surface area contributed by atoms with Crippen molar-refractivity contribution in [2.75, 3.05) is 6.61 Å². The summed E-state index contributed by atoms with van der Waals surface area (Å²) < 4.78 is 5.50. The van der Waals surface area contributed by atoms with Gasteiger partial charge in [-0.2, -0.15) is 0 Å². The molecule has 2 unspecified atom stereocenters. The highest BCUT2D eigenvalue weighted by Crippen LogP contribution is 2.25. The minimum atomic E-state index is -0.370. The summed E-state index contributed by atoms with van der Waals surface area (Å²) in [5.74, 6) is 1.17. The summed E-state index contributed by atoms with van der Waals surface area (Å²) >= 11 is 0. The van der Waals surface area contributed by atoms with Crippen LogP contribution in [0.2, 0.25) is 0 Å². The molecule has 2 nitrogen and oxygen atoms in total. The molecule has 0 radical (unpaired) electrons.